The predicted molar refractivity (Wildman–Crippen MR) is 61.5 cm³/mol. The van der Waals surface area contributed by atoms with Crippen molar-refractivity contribution in [3.05, 3.63) is 30.1 Å². The highest BCUT2D eigenvalue weighted by Crippen LogP contribution is 2.36. The van der Waals surface area contributed by atoms with Crippen LogP contribution in [0.15, 0.2) is 24.4 Å². The molecule has 0 saturated heterocycles. The number of ketones is 1. The molecule has 0 aromatic carbocycles. The van der Waals surface area contributed by atoms with Crippen LogP contribution in [0.3, 0.4) is 0 Å². The van der Waals surface area contributed by atoms with Gasteiger partial charge in [-0.05, 0) is 25.0 Å². The first-order valence-electron chi connectivity index (χ1n) is 5.82. The number of carboxylic acid groups (broad SMARTS) is 1. The summed E-state index contributed by atoms with van der Waals surface area (Å²) >= 11 is 0. The van der Waals surface area contributed by atoms with Gasteiger partial charge in [-0.15, -0.1) is 0 Å². The summed E-state index contributed by atoms with van der Waals surface area (Å²) < 4.78 is 0. The Morgan fingerprint density at radius 1 is 1.41 bits per heavy atom. The van der Waals surface area contributed by atoms with E-state index in [4.69, 9.17) is 0 Å². The first-order valence-corrected chi connectivity index (χ1v) is 5.82. The molecule has 1 N–H and O–H groups in total. The van der Waals surface area contributed by atoms with Gasteiger partial charge in [-0.3, -0.25) is 14.6 Å². The Balaban J connectivity index is 2.29. The maximum atomic E-state index is 12.0. The zero-order chi connectivity index (χ0) is 12.3. The molecule has 4 nitrogen and oxygen atoms in total. The van der Waals surface area contributed by atoms with E-state index in [1.54, 1.807) is 18.3 Å². The lowest BCUT2D eigenvalue weighted by atomic mass is 9.70. The minimum Gasteiger partial charge on any atom is -0.480 e. The topological polar surface area (TPSA) is 67.3 Å². The van der Waals surface area contributed by atoms with E-state index in [0.29, 0.717) is 18.5 Å². The van der Waals surface area contributed by atoms with Gasteiger partial charge in [0.25, 0.3) is 0 Å². The van der Waals surface area contributed by atoms with E-state index in [1.807, 2.05) is 6.07 Å². The highest BCUT2D eigenvalue weighted by molar-refractivity contribution is 6.03. The number of carbonyl (C=O) groups excluding carboxylic acids is 1. The van der Waals surface area contributed by atoms with Gasteiger partial charge in [0.15, 0.2) is 5.78 Å². The summed E-state index contributed by atoms with van der Waals surface area (Å²) in [5, 5.41) is 9.37. The Morgan fingerprint density at radius 3 is 2.82 bits per heavy atom. The fraction of sp³-hybridized carbons (Fsp3) is 0.462. The second-order valence-electron chi connectivity index (χ2n) is 4.52. The molecule has 1 aliphatic carbocycles. The minimum absolute atomic E-state index is 0.151. The first-order chi connectivity index (χ1) is 8.15. The SMILES string of the molecule is O=C(O)C1(Cc2ccccn2)CCCCC1=O. The van der Waals surface area contributed by atoms with Crippen LogP contribution in [0.25, 0.3) is 0 Å². The van der Waals surface area contributed by atoms with Gasteiger partial charge >= 0.3 is 5.97 Å². The van der Waals surface area contributed by atoms with Crippen molar-refractivity contribution in [2.45, 2.75) is 32.1 Å². The number of aliphatic carboxylic acids is 1. The molecule has 0 spiro atoms. The number of hydrogen-bond donors (Lipinski definition) is 1. The van der Waals surface area contributed by atoms with Crippen LogP contribution >= 0.6 is 0 Å². The highest BCUT2D eigenvalue weighted by Gasteiger charge is 2.46. The summed E-state index contributed by atoms with van der Waals surface area (Å²) in [6, 6.07) is 5.36. The van der Waals surface area contributed by atoms with Crippen LogP contribution in [-0.2, 0) is 16.0 Å². The lowest BCUT2D eigenvalue weighted by Gasteiger charge is -2.31. The maximum absolute atomic E-state index is 12.0. The fourth-order valence-electron chi connectivity index (χ4n) is 2.39. The molecule has 17 heavy (non-hydrogen) atoms. The molecule has 1 atom stereocenters. The molecule has 4 heteroatoms. The van der Waals surface area contributed by atoms with Crippen molar-refractivity contribution in [1.29, 1.82) is 0 Å². The average molecular weight is 233 g/mol. The molecule has 1 fully saturated rings. The third kappa shape index (κ3) is 2.20. The molecule has 0 bridgehead atoms. The molecule has 90 valence electrons. The molecule has 1 aliphatic rings. The Kier molecular flexibility index (Phi) is 3.22. The smallest absolute Gasteiger partial charge is 0.317 e. The molecule has 1 saturated carbocycles. The van der Waals surface area contributed by atoms with Gasteiger partial charge in [-0.2, -0.15) is 0 Å². The number of hydrogen-bond acceptors (Lipinski definition) is 3. The van der Waals surface area contributed by atoms with Crippen molar-refractivity contribution < 1.29 is 14.7 Å². The van der Waals surface area contributed by atoms with Crippen LogP contribution in [-0.4, -0.2) is 21.8 Å². The zero-order valence-corrected chi connectivity index (χ0v) is 9.56. The monoisotopic (exact) mass is 233 g/mol. The van der Waals surface area contributed by atoms with Crippen LogP contribution in [0.2, 0.25) is 0 Å². The normalized spacial score (nSPS) is 24.6. The van der Waals surface area contributed by atoms with Crippen LogP contribution in [0.4, 0.5) is 0 Å². The van der Waals surface area contributed by atoms with E-state index >= 15 is 0 Å². The molecule has 1 heterocycles. The highest BCUT2D eigenvalue weighted by atomic mass is 16.4. The number of carbonyl (C=O) groups is 2. The van der Waals surface area contributed by atoms with Gasteiger partial charge in [-0.1, -0.05) is 12.5 Å². The van der Waals surface area contributed by atoms with Crippen molar-refractivity contribution >= 4 is 11.8 Å². The minimum atomic E-state index is -1.24. The van der Waals surface area contributed by atoms with Crippen LogP contribution in [0.1, 0.15) is 31.4 Å². The lowest BCUT2D eigenvalue weighted by molar-refractivity contribution is -0.157. The van der Waals surface area contributed by atoms with Gasteiger partial charge in [0.05, 0.1) is 0 Å². The largest absolute Gasteiger partial charge is 0.480 e. The van der Waals surface area contributed by atoms with Crippen LogP contribution in [0.5, 0.6) is 0 Å². The summed E-state index contributed by atoms with van der Waals surface area (Å²) in [5.41, 5.74) is -0.572. The Bertz CT molecular complexity index is 430. The predicted octanol–water partition coefficient (Wildman–Crippen LogP) is 1.84. The Labute approximate surface area is 99.7 Å². The van der Waals surface area contributed by atoms with Gasteiger partial charge in [0.1, 0.15) is 5.41 Å². The molecular weight excluding hydrogens is 218 g/mol. The summed E-state index contributed by atoms with van der Waals surface area (Å²) in [4.78, 5) is 27.5. The fourth-order valence-corrected chi connectivity index (χ4v) is 2.39. The van der Waals surface area contributed by atoms with Gasteiger partial charge in [0, 0.05) is 24.7 Å². The van der Waals surface area contributed by atoms with E-state index in [2.05, 4.69) is 4.98 Å². The van der Waals surface area contributed by atoms with Crippen LogP contribution in [0, 0.1) is 5.41 Å². The van der Waals surface area contributed by atoms with Gasteiger partial charge in [-0.25, -0.2) is 0 Å². The van der Waals surface area contributed by atoms with Crippen molar-refractivity contribution in [1.82, 2.24) is 4.98 Å². The van der Waals surface area contributed by atoms with E-state index in [1.165, 1.54) is 0 Å². The molecular formula is C13H15NO3. The van der Waals surface area contributed by atoms with E-state index in [9.17, 15) is 14.7 Å². The van der Waals surface area contributed by atoms with Crippen molar-refractivity contribution in [3.8, 4) is 0 Å². The van der Waals surface area contributed by atoms with E-state index in [0.717, 1.165) is 12.8 Å². The zero-order valence-electron chi connectivity index (χ0n) is 9.56. The molecule has 0 amide bonds. The number of pyridine rings is 1. The average Bonchev–Trinajstić information content (AvgIpc) is 2.33. The molecule has 1 unspecified atom stereocenters. The third-order valence-corrected chi connectivity index (χ3v) is 3.41. The van der Waals surface area contributed by atoms with E-state index < -0.39 is 11.4 Å². The number of nitrogens with zero attached hydrogens (tertiary/aromatic N) is 1. The summed E-state index contributed by atoms with van der Waals surface area (Å²) in [6.45, 7) is 0. The second kappa shape index (κ2) is 4.65. The molecule has 0 aliphatic heterocycles. The van der Waals surface area contributed by atoms with Gasteiger partial charge in [0.2, 0.25) is 0 Å². The maximum Gasteiger partial charge on any atom is 0.317 e. The molecule has 0 radical (unpaired) electrons. The quantitative estimate of drug-likeness (QED) is 0.809. The van der Waals surface area contributed by atoms with Gasteiger partial charge < -0.3 is 5.11 Å². The molecule has 2 rings (SSSR count). The van der Waals surface area contributed by atoms with E-state index in [-0.39, 0.29) is 12.2 Å². The number of aromatic nitrogens is 1. The molecule has 1 aromatic heterocycles. The number of carboxylic acids is 1. The second-order valence-corrected chi connectivity index (χ2v) is 4.52. The van der Waals surface area contributed by atoms with Crippen LogP contribution < -0.4 is 0 Å². The third-order valence-electron chi connectivity index (χ3n) is 3.41. The number of Topliss-reactive ketones (excluding diaryl/α,β-unsaturated/α-hetero) is 1. The summed E-state index contributed by atoms with van der Waals surface area (Å²) in [7, 11) is 0. The summed E-state index contributed by atoms with van der Waals surface area (Å²) in [5.74, 6) is -1.16. The standard InChI is InChI=1S/C13H15NO3/c15-11-6-1-3-7-13(11,12(16)17)9-10-5-2-4-8-14-10/h2,4-5,8H,1,3,6-7,9H2,(H,16,17). The number of rotatable bonds is 3. The Morgan fingerprint density at radius 2 is 2.24 bits per heavy atom. The lowest BCUT2D eigenvalue weighted by Crippen LogP contribution is -2.43. The summed E-state index contributed by atoms with van der Waals surface area (Å²) in [6.07, 6.45) is 4.23. The molecule has 1 aromatic rings. The van der Waals surface area contributed by atoms with Crippen molar-refractivity contribution in [2.24, 2.45) is 5.41 Å². The Hall–Kier alpha value is -1.71. The first kappa shape index (κ1) is 11.8. The van der Waals surface area contributed by atoms with Crippen molar-refractivity contribution in [2.75, 3.05) is 0 Å². The van der Waals surface area contributed by atoms with Crippen molar-refractivity contribution in [3.63, 3.8) is 0 Å².